The van der Waals surface area contributed by atoms with Crippen LogP contribution in [-0.4, -0.2) is 38.0 Å². The third-order valence-electron chi connectivity index (χ3n) is 4.36. The average molecular weight is 349 g/mol. The van der Waals surface area contributed by atoms with Crippen LogP contribution in [0.1, 0.15) is 34.8 Å². The van der Waals surface area contributed by atoms with E-state index in [9.17, 15) is 9.82 Å². The van der Waals surface area contributed by atoms with Gasteiger partial charge in [0.25, 0.3) is 5.91 Å². The van der Waals surface area contributed by atoms with E-state index >= 15 is 0 Å². The predicted molar refractivity (Wildman–Crippen MR) is 95.4 cm³/mol. The summed E-state index contributed by atoms with van der Waals surface area (Å²) in [6.45, 7) is 3.62. The molecule has 3 aromatic rings. The van der Waals surface area contributed by atoms with Crippen LogP contribution in [0.4, 0.5) is 5.69 Å². The van der Waals surface area contributed by atoms with Crippen LogP contribution in [-0.2, 0) is 4.65 Å². The van der Waals surface area contributed by atoms with E-state index in [2.05, 4.69) is 20.6 Å². The maximum Gasteiger partial charge on any atom is 0.492 e. The topological polar surface area (TPSA) is 102 Å². The largest absolute Gasteiger partial charge is 0.492 e. The Balaban J connectivity index is 1.58. The number of hydrogen-bond acceptors (Lipinski definition) is 6. The number of anilines is 1. The van der Waals surface area contributed by atoms with Crippen LogP contribution in [0.2, 0.25) is 0 Å². The van der Waals surface area contributed by atoms with Crippen LogP contribution in [0.5, 0.6) is 0 Å². The van der Waals surface area contributed by atoms with Gasteiger partial charge in [0.05, 0.1) is 11.8 Å². The lowest BCUT2D eigenvalue weighted by Gasteiger charge is -2.07. The van der Waals surface area contributed by atoms with Crippen molar-refractivity contribution >= 4 is 24.2 Å². The predicted octanol–water partition coefficient (Wildman–Crippen LogP) is 1.00. The van der Waals surface area contributed by atoms with Gasteiger partial charge in [-0.25, -0.2) is 4.98 Å². The van der Waals surface area contributed by atoms with Crippen LogP contribution in [0.25, 0.3) is 5.82 Å². The Kier molecular flexibility index (Phi) is 4.02. The lowest BCUT2D eigenvalue weighted by Crippen LogP contribution is -2.28. The number of aromatic nitrogens is 4. The smallest absolute Gasteiger partial charge is 0.423 e. The van der Waals surface area contributed by atoms with Gasteiger partial charge in [-0.3, -0.25) is 4.79 Å². The van der Waals surface area contributed by atoms with Crippen molar-refractivity contribution in [3.63, 3.8) is 0 Å². The molecule has 0 radical (unpaired) electrons. The standard InChI is InChI=1S/C17H16BN5O3/c1-10-16(21-22-23(10)15-5-3-4-8-19-15)17(24)20-12-6-7-13-11(2)26-18(25)14(13)9-12/h3-9,11,25H,1-2H3,(H,20,24). The molecule has 0 bridgehead atoms. The van der Waals surface area contributed by atoms with E-state index in [0.717, 1.165) is 5.56 Å². The van der Waals surface area contributed by atoms with Crippen molar-refractivity contribution in [2.24, 2.45) is 0 Å². The molecule has 2 aromatic heterocycles. The highest BCUT2D eigenvalue weighted by molar-refractivity contribution is 6.61. The molecule has 0 spiro atoms. The molecule has 1 aromatic carbocycles. The molecule has 0 aliphatic carbocycles. The Hall–Kier alpha value is -3.04. The second-order valence-electron chi connectivity index (χ2n) is 6.05. The van der Waals surface area contributed by atoms with Crippen molar-refractivity contribution in [2.45, 2.75) is 20.0 Å². The summed E-state index contributed by atoms with van der Waals surface area (Å²) in [5.41, 5.74) is 2.91. The van der Waals surface area contributed by atoms with Crippen LogP contribution >= 0.6 is 0 Å². The maximum atomic E-state index is 12.6. The molecular weight excluding hydrogens is 333 g/mol. The van der Waals surface area contributed by atoms with Gasteiger partial charge in [-0.15, -0.1) is 5.10 Å². The first-order chi connectivity index (χ1) is 12.5. The zero-order valence-electron chi connectivity index (χ0n) is 14.2. The van der Waals surface area contributed by atoms with Crippen LogP contribution in [0, 0.1) is 6.92 Å². The molecule has 0 saturated carbocycles. The summed E-state index contributed by atoms with van der Waals surface area (Å²) in [6.07, 6.45) is 1.47. The van der Waals surface area contributed by atoms with E-state index in [1.165, 1.54) is 4.68 Å². The highest BCUT2D eigenvalue weighted by Crippen LogP contribution is 2.24. The minimum absolute atomic E-state index is 0.176. The lowest BCUT2D eigenvalue weighted by atomic mass is 9.79. The second kappa shape index (κ2) is 6.36. The Labute approximate surface area is 150 Å². The van der Waals surface area contributed by atoms with Crippen molar-refractivity contribution in [3.05, 3.63) is 59.5 Å². The Bertz CT molecular complexity index is 976. The monoisotopic (exact) mass is 349 g/mol. The van der Waals surface area contributed by atoms with E-state index in [1.54, 1.807) is 37.4 Å². The van der Waals surface area contributed by atoms with Crippen molar-refractivity contribution in [1.82, 2.24) is 20.0 Å². The zero-order chi connectivity index (χ0) is 18.3. The van der Waals surface area contributed by atoms with E-state index < -0.39 is 7.12 Å². The van der Waals surface area contributed by atoms with E-state index in [0.29, 0.717) is 22.7 Å². The summed E-state index contributed by atoms with van der Waals surface area (Å²) in [5.74, 6) is 0.203. The number of fused-ring (bicyclic) bond motifs is 1. The molecule has 1 aliphatic rings. The van der Waals surface area contributed by atoms with E-state index in [1.807, 2.05) is 19.1 Å². The zero-order valence-corrected chi connectivity index (χ0v) is 14.2. The first kappa shape index (κ1) is 16.4. The number of carbonyl (C=O) groups is 1. The first-order valence-electron chi connectivity index (χ1n) is 8.17. The number of pyridine rings is 1. The van der Waals surface area contributed by atoms with E-state index in [4.69, 9.17) is 4.65 Å². The number of hydrogen-bond donors (Lipinski definition) is 2. The molecule has 8 nitrogen and oxygen atoms in total. The molecule has 3 heterocycles. The molecule has 1 atom stereocenters. The van der Waals surface area contributed by atoms with Crippen molar-refractivity contribution in [3.8, 4) is 5.82 Å². The summed E-state index contributed by atoms with van der Waals surface area (Å²) >= 11 is 0. The fraction of sp³-hybridized carbons (Fsp3) is 0.176. The van der Waals surface area contributed by atoms with Gasteiger partial charge in [-0.05, 0) is 49.1 Å². The molecule has 0 fully saturated rings. The number of rotatable bonds is 3. The minimum Gasteiger partial charge on any atom is -0.423 e. The van der Waals surface area contributed by atoms with Crippen molar-refractivity contribution < 1.29 is 14.5 Å². The third-order valence-corrected chi connectivity index (χ3v) is 4.36. The lowest BCUT2D eigenvalue weighted by molar-refractivity contribution is 0.102. The summed E-state index contributed by atoms with van der Waals surface area (Å²) in [6, 6.07) is 10.7. The van der Waals surface area contributed by atoms with Gasteiger partial charge in [0.2, 0.25) is 0 Å². The van der Waals surface area contributed by atoms with Crippen LogP contribution in [0.3, 0.4) is 0 Å². The number of nitrogens with zero attached hydrogens (tertiary/aromatic N) is 4. The van der Waals surface area contributed by atoms with E-state index in [-0.39, 0.29) is 17.7 Å². The molecule has 2 N–H and O–H groups in total. The normalized spacial score (nSPS) is 15.8. The molecule has 1 amide bonds. The fourth-order valence-corrected chi connectivity index (χ4v) is 3.00. The highest BCUT2D eigenvalue weighted by atomic mass is 16.5. The number of carbonyl (C=O) groups excluding carboxylic acids is 1. The quantitative estimate of drug-likeness (QED) is 0.684. The SMILES string of the molecule is Cc1c(C(=O)Nc2ccc3c(c2)B(O)OC3C)nnn1-c1ccccn1. The van der Waals surface area contributed by atoms with Crippen molar-refractivity contribution in [2.75, 3.05) is 5.32 Å². The first-order valence-corrected chi connectivity index (χ1v) is 8.17. The Morgan fingerprint density at radius 3 is 2.96 bits per heavy atom. The molecular formula is C17H16BN5O3. The molecule has 26 heavy (non-hydrogen) atoms. The van der Waals surface area contributed by atoms with Crippen molar-refractivity contribution in [1.29, 1.82) is 0 Å². The third kappa shape index (κ3) is 2.77. The van der Waals surface area contributed by atoms with Gasteiger partial charge in [0.15, 0.2) is 11.5 Å². The molecule has 4 rings (SSSR count). The molecule has 130 valence electrons. The molecule has 1 aliphatic heterocycles. The second-order valence-corrected chi connectivity index (χ2v) is 6.05. The Morgan fingerprint density at radius 2 is 2.19 bits per heavy atom. The van der Waals surface area contributed by atoms with Gasteiger partial charge in [0.1, 0.15) is 0 Å². The summed E-state index contributed by atoms with van der Waals surface area (Å²) < 4.78 is 6.87. The molecule has 1 unspecified atom stereocenters. The summed E-state index contributed by atoms with van der Waals surface area (Å²) in [5, 5.41) is 20.7. The van der Waals surface area contributed by atoms with Gasteiger partial charge >= 0.3 is 7.12 Å². The Morgan fingerprint density at radius 1 is 1.35 bits per heavy atom. The van der Waals surface area contributed by atoms with Gasteiger partial charge < -0.3 is 15.0 Å². The number of amides is 1. The number of benzene rings is 1. The fourth-order valence-electron chi connectivity index (χ4n) is 3.00. The molecule has 0 saturated heterocycles. The van der Waals surface area contributed by atoms with Gasteiger partial charge in [-0.1, -0.05) is 17.3 Å². The van der Waals surface area contributed by atoms with Gasteiger partial charge in [0, 0.05) is 11.9 Å². The maximum absolute atomic E-state index is 12.6. The van der Waals surface area contributed by atoms with Crippen LogP contribution in [0.15, 0.2) is 42.6 Å². The summed E-state index contributed by atoms with van der Waals surface area (Å²) in [7, 11) is -0.983. The number of nitrogens with one attached hydrogen (secondary N) is 1. The van der Waals surface area contributed by atoms with Gasteiger partial charge in [-0.2, -0.15) is 4.68 Å². The molecule has 9 heteroatoms. The summed E-state index contributed by atoms with van der Waals surface area (Å²) in [4.78, 5) is 16.8. The highest BCUT2D eigenvalue weighted by Gasteiger charge is 2.32. The van der Waals surface area contributed by atoms with Crippen LogP contribution < -0.4 is 10.8 Å². The average Bonchev–Trinajstić information content (AvgIpc) is 3.16. The minimum atomic E-state index is -0.983.